The zero-order valence-electron chi connectivity index (χ0n) is 21.2. The Balaban J connectivity index is 1.66. The van der Waals surface area contributed by atoms with Gasteiger partial charge in [-0.1, -0.05) is 6.07 Å². The summed E-state index contributed by atoms with van der Waals surface area (Å²) in [4.78, 5) is 32.8. The average Bonchev–Trinajstić information content (AvgIpc) is 3.34. The summed E-state index contributed by atoms with van der Waals surface area (Å²) >= 11 is 0. The fourth-order valence-electron chi connectivity index (χ4n) is 3.84. The van der Waals surface area contributed by atoms with E-state index in [1.807, 2.05) is 19.9 Å². The number of carbonyl (C=O) groups excluding carboxylic acids is 1. The highest BCUT2D eigenvalue weighted by molar-refractivity contribution is 6.16. The molecule has 0 fully saturated rings. The van der Waals surface area contributed by atoms with Gasteiger partial charge in [-0.3, -0.25) is 9.79 Å². The summed E-state index contributed by atoms with van der Waals surface area (Å²) in [7, 11) is 1.05. The Morgan fingerprint density at radius 2 is 1.95 bits per heavy atom. The number of nitrogens with one attached hydrogen (secondary N) is 3. The number of carbonyl (C=O) groups is 1. The number of aliphatic imine (C=N–C) groups is 1. The van der Waals surface area contributed by atoms with Crippen molar-refractivity contribution in [1.29, 1.82) is 0 Å². The van der Waals surface area contributed by atoms with Crippen LogP contribution in [0.4, 0.5) is 36.2 Å². The second-order valence-corrected chi connectivity index (χ2v) is 8.23. The van der Waals surface area contributed by atoms with E-state index in [0.29, 0.717) is 40.7 Å². The van der Waals surface area contributed by atoms with Gasteiger partial charge in [0.1, 0.15) is 17.1 Å². The third-order valence-electron chi connectivity index (χ3n) is 5.66. The predicted molar refractivity (Wildman–Crippen MR) is 142 cm³/mol. The van der Waals surface area contributed by atoms with Gasteiger partial charge in [-0.25, -0.2) is 15.0 Å². The molecule has 0 aliphatic carbocycles. The number of aromatic amines is 1. The lowest BCUT2D eigenvalue weighted by atomic mass is 10.1. The number of halogens is 3. The number of methoxy groups -OCH3 is 1. The summed E-state index contributed by atoms with van der Waals surface area (Å²) in [6.07, 6.45) is -0.722. The smallest absolute Gasteiger partial charge is 0.420 e. The first kappa shape index (κ1) is 27.1. The molecule has 39 heavy (non-hydrogen) atoms. The van der Waals surface area contributed by atoms with E-state index in [4.69, 9.17) is 10.5 Å². The summed E-state index contributed by atoms with van der Waals surface area (Å²) < 4.78 is 45.0. The minimum absolute atomic E-state index is 0.288. The Morgan fingerprint density at radius 1 is 1.15 bits per heavy atom. The van der Waals surface area contributed by atoms with E-state index in [0.717, 1.165) is 24.9 Å². The second kappa shape index (κ2) is 11.2. The number of anilines is 4. The SMILES string of the molecule is CCN=C(c1cccnc1Nc1cc(NC(=O)c2nccc(C(F)(F)F)c2OC)ccc1C)c1[nH]cnc1N. The van der Waals surface area contributed by atoms with Crippen LogP contribution in [0.2, 0.25) is 0 Å². The van der Waals surface area contributed by atoms with Crippen LogP contribution in [0.15, 0.2) is 60.1 Å². The van der Waals surface area contributed by atoms with E-state index < -0.39 is 29.1 Å². The third-order valence-corrected chi connectivity index (χ3v) is 5.66. The van der Waals surface area contributed by atoms with Gasteiger partial charge < -0.3 is 26.1 Å². The van der Waals surface area contributed by atoms with Crippen LogP contribution in [0.3, 0.4) is 0 Å². The van der Waals surface area contributed by atoms with Crippen molar-refractivity contribution >= 4 is 34.6 Å². The van der Waals surface area contributed by atoms with Crippen molar-refractivity contribution < 1.29 is 22.7 Å². The normalized spacial score (nSPS) is 11.8. The van der Waals surface area contributed by atoms with Gasteiger partial charge in [0.2, 0.25) is 0 Å². The number of benzene rings is 1. The fourth-order valence-corrected chi connectivity index (χ4v) is 3.84. The Bertz CT molecular complexity index is 1530. The lowest BCUT2D eigenvalue weighted by molar-refractivity contribution is -0.138. The van der Waals surface area contributed by atoms with Gasteiger partial charge in [0.25, 0.3) is 5.91 Å². The molecule has 1 amide bonds. The second-order valence-electron chi connectivity index (χ2n) is 8.23. The molecule has 4 aromatic rings. The standard InChI is InChI=1S/C26H25F3N8O2/c1-4-31-19(20-23(30)35-13-34-20)16-6-5-10-33-24(16)37-18-12-15(8-7-14(18)2)36-25(38)21-22(39-3)17(9-11-32-21)26(27,28)29/h5-13H,4,30H2,1-3H3,(H,33,37)(H,34,35)(H,36,38). The number of nitrogens with zero attached hydrogens (tertiary/aromatic N) is 4. The number of hydrogen-bond donors (Lipinski definition) is 4. The number of nitrogen functional groups attached to an aromatic ring is 1. The molecule has 1 aromatic carbocycles. The molecule has 13 heteroatoms. The molecule has 0 atom stereocenters. The number of aromatic nitrogens is 4. The zero-order chi connectivity index (χ0) is 28.2. The maximum absolute atomic E-state index is 13.4. The van der Waals surface area contributed by atoms with E-state index in [-0.39, 0.29) is 5.82 Å². The fraction of sp³-hybridized carbons (Fsp3) is 0.192. The van der Waals surface area contributed by atoms with Gasteiger partial charge in [0, 0.05) is 35.9 Å². The topological polar surface area (TPSA) is 143 Å². The number of ether oxygens (including phenoxy) is 1. The lowest BCUT2D eigenvalue weighted by Crippen LogP contribution is -2.18. The van der Waals surface area contributed by atoms with Crippen molar-refractivity contribution in [3.63, 3.8) is 0 Å². The molecular formula is C26H25F3N8O2. The first-order chi connectivity index (χ1) is 18.6. The number of pyridine rings is 2. The van der Waals surface area contributed by atoms with Crippen LogP contribution in [0.25, 0.3) is 0 Å². The highest BCUT2D eigenvalue weighted by atomic mass is 19.4. The van der Waals surface area contributed by atoms with Crippen molar-refractivity contribution in [2.75, 3.05) is 30.0 Å². The van der Waals surface area contributed by atoms with Crippen LogP contribution in [-0.2, 0) is 6.18 Å². The van der Waals surface area contributed by atoms with Crippen molar-refractivity contribution in [1.82, 2.24) is 19.9 Å². The van der Waals surface area contributed by atoms with E-state index in [1.54, 1.807) is 30.5 Å². The molecule has 0 saturated carbocycles. The Kier molecular flexibility index (Phi) is 7.79. The van der Waals surface area contributed by atoms with Gasteiger partial charge in [-0.2, -0.15) is 13.2 Å². The Labute approximate surface area is 221 Å². The van der Waals surface area contributed by atoms with Crippen LogP contribution in [0.5, 0.6) is 5.75 Å². The maximum Gasteiger partial charge on any atom is 0.420 e. The van der Waals surface area contributed by atoms with Crippen molar-refractivity contribution in [3.05, 3.63) is 83.2 Å². The van der Waals surface area contributed by atoms with Crippen molar-refractivity contribution in [3.8, 4) is 5.75 Å². The largest absolute Gasteiger partial charge is 0.494 e. The van der Waals surface area contributed by atoms with Crippen LogP contribution in [0.1, 0.15) is 39.8 Å². The summed E-state index contributed by atoms with van der Waals surface area (Å²) in [5.41, 5.74) is 7.92. The van der Waals surface area contributed by atoms with Gasteiger partial charge in [0.05, 0.1) is 19.1 Å². The number of H-pyrrole nitrogens is 1. The maximum atomic E-state index is 13.4. The molecule has 0 radical (unpaired) electrons. The predicted octanol–water partition coefficient (Wildman–Crippen LogP) is 4.97. The summed E-state index contributed by atoms with van der Waals surface area (Å²) in [6.45, 7) is 4.22. The number of aryl methyl sites for hydroxylation is 1. The van der Waals surface area contributed by atoms with Crippen molar-refractivity contribution in [2.45, 2.75) is 20.0 Å². The first-order valence-corrected chi connectivity index (χ1v) is 11.7. The van der Waals surface area contributed by atoms with E-state index in [9.17, 15) is 18.0 Å². The molecule has 0 saturated heterocycles. The number of nitrogens with two attached hydrogens (primary N) is 1. The molecule has 0 aliphatic heterocycles. The van der Waals surface area contributed by atoms with Gasteiger partial charge in [0.15, 0.2) is 17.3 Å². The van der Waals surface area contributed by atoms with Crippen LogP contribution in [0, 0.1) is 6.92 Å². The van der Waals surface area contributed by atoms with Crippen LogP contribution < -0.4 is 21.1 Å². The van der Waals surface area contributed by atoms with Gasteiger partial charge in [-0.05, 0) is 49.7 Å². The lowest BCUT2D eigenvalue weighted by Gasteiger charge is -2.16. The summed E-state index contributed by atoms with van der Waals surface area (Å²) in [5, 5.41) is 5.85. The Hall–Kier alpha value is -4.94. The minimum atomic E-state index is -4.72. The molecule has 3 aromatic heterocycles. The first-order valence-electron chi connectivity index (χ1n) is 11.7. The van der Waals surface area contributed by atoms with Crippen molar-refractivity contribution in [2.24, 2.45) is 4.99 Å². The molecule has 202 valence electrons. The molecule has 0 spiro atoms. The van der Waals surface area contributed by atoms with Gasteiger partial charge in [-0.15, -0.1) is 0 Å². The number of alkyl halides is 3. The number of imidazole rings is 1. The third kappa shape index (κ3) is 5.81. The molecule has 4 rings (SSSR count). The van der Waals surface area contributed by atoms with Crippen LogP contribution >= 0.6 is 0 Å². The zero-order valence-corrected chi connectivity index (χ0v) is 21.2. The molecular weight excluding hydrogens is 513 g/mol. The highest BCUT2D eigenvalue weighted by Crippen LogP contribution is 2.37. The summed E-state index contributed by atoms with van der Waals surface area (Å²) in [6, 6.07) is 9.33. The molecule has 3 heterocycles. The van der Waals surface area contributed by atoms with Gasteiger partial charge >= 0.3 is 6.18 Å². The number of amides is 1. The molecule has 0 unspecified atom stereocenters. The van der Waals surface area contributed by atoms with Crippen LogP contribution in [-0.4, -0.2) is 45.2 Å². The Morgan fingerprint density at radius 3 is 2.62 bits per heavy atom. The van der Waals surface area contributed by atoms with E-state index in [1.165, 1.54) is 6.33 Å². The molecule has 0 aliphatic rings. The monoisotopic (exact) mass is 538 g/mol. The minimum Gasteiger partial charge on any atom is -0.494 e. The molecule has 10 nitrogen and oxygen atoms in total. The molecule has 5 N–H and O–H groups in total. The molecule has 0 bridgehead atoms. The van der Waals surface area contributed by atoms with E-state index >= 15 is 0 Å². The number of rotatable bonds is 8. The quantitative estimate of drug-likeness (QED) is 0.232. The highest BCUT2D eigenvalue weighted by Gasteiger charge is 2.36. The average molecular weight is 539 g/mol. The van der Waals surface area contributed by atoms with E-state index in [2.05, 4.69) is 35.6 Å². The summed E-state index contributed by atoms with van der Waals surface area (Å²) in [5.74, 6) is -0.770. The number of hydrogen-bond acceptors (Lipinski definition) is 8.